The molecule has 4 nitrogen and oxygen atoms in total. The molecule has 1 aliphatic carbocycles. The number of hydrogen-bond acceptors (Lipinski definition) is 3. The van der Waals surface area contributed by atoms with Crippen LogP contribution in [0.25, 0.3) is 0 Å². The maximum atomic E-state index is 9.09. The van der Waals surface area contributed by atoms with Crippen LogP contribution in [0.15, 0.2) is 0 Å². The van der Waals surface area contributed by atoms with Crippen molar-refractivity contribution in [2.75, 3.05) is 0 Å². The van der Waals surface area contributed by atoms with E-state index in [0.717, 1.165) is 5.82 Å². The van der Waals surface area contributed by atoms with Crippen molar-refractivity contribution in [3.8, 4) is 0 Å². The standard InChI is InChI=1S/C7H11N3O/c1-4(11)6-8-7(10-9-6)5-2-3-5/h4-5,11H,2-3H2,1H3,(H,8,9,10). The molecule has 0 radical (unpaired) electrons. The molecular formula is C7H11N3O. The largest absolute Gasteiger partial charge is 0.385 e. The van der Waals surface area contributed by atoms with E-state index in [1.54, 1.807) is 6.92 Å². The quantitative estimate of drug-likeness (QED) is 0.658. The third kappa shape index (κ3) is 1.26. The zero-order chi connectivity index (χ0) is 7.84. The maximum absolute atomic E-state index is 9.09. The molecule has 1 fully saturated rings. The molecule has 2 rings (SSSR count). The first-order chi connectivity index (χ1) is 5.27. The molecule has 1 saturated carbocycles. The number of aromatic amines is 1. The molecule has 2 N–H and O–H groups in total. The second-order valence-corrected chi connectivity index (χ2v) is 3.03. The SMILES string of the molecule is CC(O)c1n[nH]c(C2CC2)n1. The Morgan fingerprint density at radius 2 is 2.36 bits per heavy atom. The van der Waals surface area contributed by atoms with Crippen molar-refractivity contribution < 1.29 is 5.11 Å². The molecule has 1 atom stereocenters. The summed E-state index contributed by atoms with van der Waals surface area (Å²) in [6, 6.07) is 0. The second kappa shape index (κ2) is 2.30. The average Bonchev–Trinajstić information content (AvgIpc) is 2.68. The van der Waals surface area contributed by atoms with Crippen molar-refractivity contribution in [2.24, 2.45) is 0 Å². The summed E-state index contributed by atoms with van der Waals surface area (Å²) in [5.41, 5.74) is 0. The summed E-state index contributed by atoms with van der Waals surface area (Å²) in [5, 5.41) is 15.8. The van der Waals surface area contributed by atoms with Gasteiger partial charge in [0.2, 0.25) is 0 Å². The molecule has 0 aliphatic heterocycles. The van der Waals surface area contributed by atoms with Gasteiger partial charge in [0.15, 0.2) is 5.82 Å². The molecule has 4 heteroatoms. The van der Waals surface area contributed by atoms with Crippen LogP contribution in [0.3, 0.4) is 0 Å². The first-order valence-corrected chi connectivity index (χ1v) is 3.87. The predicted octanol–water partition coefficient (Wildman–Crippen LogP) is 0.735. The number of hydrogen-bond donors (Lipinski definition) is 2. The van der Waals surface area contributed by atoms with Gasteiger partial charge in [-0.2, -0.15) is 5.10 Å². The highest BCUT2D eigenvalue weighted by molar-refractivity contribution is 5.05. The van der Waals surface area contributed by atoms with Gasteiger partial charge in [0, 0.05) is 5.92 Å². The van der Waals surface area contributed by atoms with Gasteiger partial charge in [-0.1, -0.05) is 0 Å². The van der Waals surface area contributed by atoms with Crippen LogP contribution in [-0.4, -0.2) is 20.3 Å². The summed E-state index contributed by atoms with van der Waals surface area (Å²) >= 11 is 0. The Morgan fingerprint density at radius 3 is 2.82 bits per heavy atom. The van der Waals surface area contributed by atoms with Crippen molar-refractivity contribution in [1.82, 2.24) is 15.2 Å². The molecule has 60 valence electrons. The van der Waals surface area contributed by atoms with Crippen LogP contribution >= 0.6 is 0 Å². The summed E-state index contributed by atoms with van der Waals surface area (Å²) in [6.45, 7) is 1.67. The van der Waals surface area contributed by atoms with Crippen LogP contribution in [-0.2, 0) is 0 Å². The van der Waals surface area contributed by atoms with E-state index in [1.807, 2.05) is 0 Å². The molecule has 1 heterocycles. The predicted molar refractivity (Wildman–Crippen MR) is 39.0 cm³/mol. The fourth-order valence-electron chi connectivity index (χ4n) is 1.01. The highest BCUT2D eigenvalue weighted by Crippen LogP contribution is 2.37. The Hall–Kier alpha value is -0.900. The van der Waals surface area contributed by atoms with Crippen molar-refractivity contribution in [3.63, 3.8) is 0 Å². The molecule has 0 spiro atoms. The lowest BCUT2D eigenvalue weighted by molar-refractivity contribution is 0.189. The summed E-state index contributed by atoms with van der Waals surface area (Å²) in [4.78, 5) is 4.16. The van der Waals surface area contributed by atoms with Gasteiger partial charge >= 0.3 is 0 Å². The zero-order valence-electron chi connectivity index (χ0n) is 6.41. The number of nitrogens with one attached hydrogen (secondary N) is 1. The van der Waals surface area contributed by atoms with Gasteiger partial charge in [-0.3, -0.25) is 5.10 Å². The first kappa shape index (κ1) is 6.79. The van der Waals surface area contributed by atoms with Gasteiger partial charge in [0.25, 0.3) is 0 Å². The number of nitrogens with zero attached hydrogens (tertiary/aromatic N) is 2. The van der Waals surface area contributed by atoms with E-state index in [-0.39, 0.29) is 0 Å². The third-order valence-electron chi connectivity index (χ3n) is 1.86. The van der Waals surface area contributed by atoms with Gasteiger partial charge in [0.05, 0.1) is 0 Å². The highest BCUT2D eigenvalue weighted by Gasteiger charge is 2.27. The molecule has 1 aromatic rings. The third-order valence-corrected chi connectivity index (χ3v) is 1.86. The molecule has 1 aliphatic rings. The molecule has 1 aromatic heterocycles. The Labute approximate surface area is 64.7 Å². The number of H-pyrrole nitrogens is 1. The number of aliphatic hydroxyl groups is 1. The summed E-state index contributed by atoms with van der Waals surface area (Å²) in [7, 11) is 0. The van der Waals surface area contributed by atoms with Gasteiger partial charge in [-0.15, -0.1) is 0 Å². The molecule has 0 saturated heterocycles. The lowest BCUT2D eigenvalue weighted by atomic mass is 10.4. The minimum Gasteiger partial charge on any atom is -0.385 e. The van der Waals surface area contributed by atoms with Gasteiger partial charge < -0.3 is 5.11 Å². The van der Waals surface area contributed by atoms with Crippen molar-refractivity contribution in [3.05, 3.63) is 11.6 Å². The summed E-state index contributed by atoms with van der Waals surface area (Å²) < 4.78 is 0. The lowest BCUT2D eigenvalue weighted by Gasteiger charge is -1.92. The fourth-order valence-corrected chi connectivity index (χ4v) is 1.01. The number of rotatable bonds is 2. The van der Waals surface area contributed by atoms with Crippen LogP contribution in [0, 0.1) is 0 Å². The van der Waals surface area contributed by atoms with E-state index in [4.69, 9.17) is 5.11 Å². The van der Waals surface area contributed by atoms with Gasteiger partial charge in [0.1, 0.15) is 11.9 Å². The monoisotopic (exact) mass is 153 g/mol. The normalized spacial score (nSPS) is 20.2. The molecule has 0 aromatic carbocycles. The first-order valence-electron chi connectivity index (χ1n) is 3.87. The lowest BCUT2D eigenvalue weighted by Crippen LogP contribution is -1.93. The van der Waals surface area contributed by atoms with E-state index in [1.165, 1.54) is 12.8 Å². The minimum atomic E-state index is -0.557. The molecule has 1 unspecified atom stereocenters. The van der Waals surface area contributed by atoms with Crippen LogP contribution < -0.4 is 0 Å². The maximum Gasteiger partial charge on any atom is 0.178 e. The van der Waals surface area contributed by atoms with Crippen molar-refractivity contribution in [1.29, 1.82) is 0 Å². The molecular weight excluding hydrogens is 142 g/mol. The van der Waals surface area contributed by atoms with E-state index < -0.39 is 6.10 Å². The average molecular weight is 153 g/mol. The number of aromatic nitrogens is 3. The topological polar surface area (TPSA) is 61.8 Å². The van der Waals surface area contributed by atoms with Crippen LogP contribution in [0.4, 0.5) is 0 Å². The van der Waals surface area contributed by atoms with E-state index in [9.17, 15) is 0 Å². The smallest absolute Gasteiger partial charge is 0.178 e. The summed E-state index contributed by atoms with van der Waals surface area (Å²) in [5.74, 6) is 2.02. The Kier molecular flexibility index (Phi) is 1.42. The van der Waals surface area contributed by atoms with Crippen molar-refractivity contribution in [2.45, 2.75) is 31.8 Å². The van der Waals surface area contributed by atoms with Crippen molar-refractivity contribution >= 4 is 0 Å². The molecule has 11 heavy (non-hydrogen) atoms. The van der Waals surface area contributed by atoms with E-state index in [0.29, 0.717) is 11.7 Å². The van der Waals surface area contributed by atoms with E-state index >= 15 is 0 Å². The Morgan fingerprint density at radius 1 is 1.64 bits per heavy atom. The molecule has 0 bridgehead atoms. The second-order valence-electron chi connectivity index (χ2n) is 3.03. The fraction of sp³-hybridized carbons (Fsp3) is 0.714. The van der Waals surface area contributed by atoms with Crippen LogP contribution in [0.2, 0.25) is 0 Å². The van der Waals surface area contributed by atoms with Crippen LogP contribution in [0.1, 0.15) is 43.4 Å². The van der Waals surface area contributed by atoms with Gasteiger partial charge in [-0.25, -0.2) is 4.98 Å². The molecule has 0 amide bonds. The highest BCUT2D eigenvalue weighted by atomic mass is 16.3. The van der Waals surface area contributed by atoms with E-state index in [2.05, 4.69) is 15.2 Å². The zero-order valence-corrected chi connectivity index (χ0v) is 6.41. The minimum absolute atomic E-state index is 0.506. The van der Waals surface area contributed by atoms with Crippen LogP contribution in [0.5, 0.6) is 0 Å². The Balaban J connectivity index is 2.18. The summed E-state index contributed by atoms with van der Waals surface area (Å²) in [6.07, 6.45) is 1.85. The Bertz CT molecular complexity index is 235. The van der Waals surface area contributed by atoms with Gasteiger partial charge in [-0.05, 0) is 19.8 Å². The number of aliphatic hydroxyl groups excluding tert-OH is 1.